The van der Waals surface area contributed by atoms with Crippen LogP contribution in [0.15, 0.2) is 29.8 Å². The number of amides is 2. The van der Waals surface area contributed by atoms with Gasteiger partial charge in [-0.1, -0.05) is 18.1 Å². The molecule has 6 heteroatoms. The molecular formula is C15H12N2O3S. The van der Waals surface area contributed by atoms with Crippen LogP contribution >= 0.6 is 12.2 Å². The molecule has 1 aromatic carbocycles. The van der Waals surface area contributed by atoms with E-state index in [1.54, 1.807) is 24.3 Å². The fraction of sp³-hybridized carbons (Fsp3) is 0.133. The molecule has 1 aliphatic heterocycles. The molecule has 0 atom stereocenters. The van der Waals surface area contributed by atoms with Crippen LogP contribution in [-0.4, -0.2) is 35.5 Å². The number of carbonyl (C=O) groups is 2. The average Bonchev–Trinajstić information content (AvgIpc) is 2.48. The molecule has 0 aromatic heterocycles. The van der Waals surface area contributed by atoms with Gasteiger partial charge in [0, 0.05) is 7.05 Å². The van der Waals surface area contributed by atoms with Crippen molar-refractivity contribution in [1.82, 2.24) is 10.2 Å². The minimum atomic E-state index is -0.504. The fourth-order valence-electron chi connectivity index (χ4n) is 1.70. The SMILES string of the molecule is C#CCOc1ccc(/C=C2\C(=O)NC(=S)N(C)C2=O)cc1. The van der Waals surface area contributed by atoms with Crippen molar-refractivity contribution in [1.29, 1.82) is 0 Å². The normalized spacial score (nSPS) is 16.7. The van der Waals surface area contributed by atoms with Crippen molar-refractivity contribution in [3.63, 3.8) is 0 Å². The van der Waals surface area contributed by atoms with Crippen LogP contribution in [0.4, 0.5) is 0 Å². The van der Waals surface area contributed by atoms with Gasteiger partial charge in [0.15, 0.2) is 5.11 Å². The lowest BCUT2D eigenvalue weighted by Crippen LogP contribution is -2.52. The van der Waals surface area contributed by atoms with Crippen molar-refractivity contribution in [3.05, 3.63) is 35.4 Å². The first-order valence-corrected chi connectivity index (χ1v) is 6.45. The predicted molar refractivity (Wildman–Crippen MR) is 82.3 cm³/mol. The Labute approximate surface area is 127 Å². The van der Waals surface area contributed by atoms with Gasteiger partial charge in [-0.05, 0) is 36.0 Å². The third-order valence-corrected chi connectivity index (χ3v) is 3.19. The molecule has 1 N–H and O–H groups in total. The van der Waals surface area contributed by atoms with E-state index in [1.165, 1.54) is 18.0 Å². The van der Waals surface area contributed by atoms with E-state index < -0.39 is 11.8 Å². The van der Waals surface area contributed by atoms with Crippen LogP contribution in [0.2, 0.25) is 0 Å². The van der Waals surface area contributed by atoms with Crippen LogP contribution in [0, 0.1) is 12.3 Å². The van der Waals surface area contributed by atoms with Crippen LogP contribution in [0.3, 0.4) is 0 Å². The van der Waals surface area contributed by atoms with E-state index >= 15 is 0 Å². The van der Waals surface area contributed by atoms with Gasteiger partial charge in [0.25, 0.3) is 11.8 Å². The first-order chi connectivity index (χ1) is 10.0. The second-order valence-electron chi connectivity index (χ2n) is 4.24. The maximum absolute atomic E-state index is 12.0. The van der Waals surface area contributed by atoms with E-state index in [1.807, 2.05) is 0 Å². The molecular weight excluding hydrogens is 288 g/mol. The summed E-state index contributed by atoms with van der Waals surface area (Å²) in [5, 5.41) is 2.55. The molecule has 21 heavy (non-hydrogen) atoms. The topological polar surface area (TPSA) is 58.6 Å². The molecule has 1 fully saturated rings. The number of likely N-dealkylation sites (N-methyl/N-ethyl adjacent to an activating group) is 1. The number of benzene rings is 1. The highest BCUT2D eigenvalue weighted by Gasteiger charge is 2.30. The van der Waals surface area contributed by atoms with E-state index in [0.717, 1.165) is 0 Å². The minimum absolute atomic E-state index is 0.0309. The quantitative estimate of drug-likeness (QED) is 0.391. The van der Waals surface area contributed by atoms with Gasteiger partial charge >= 0.3 is 0 Å². The molecule has 0 aliphatic carbocycles. The first-order valence-electron chi connectivity index (χ1n) is 6.04. The van der Waals surface area contributed by atoms with Gasteiger partial charge in [-0.25, -0.2) is 0 Å². The third-order valence-electron chi connectivity index (χ3n) is 2.82. The lowest BCUT2D eigenvalue weighted by Gasteiger charge is -2.25. The largest absolute Gasteiger partial charge is 0.481 e. The van der Waals surface area contributed by atoms with Crippen molar-refractivity contribution in [2.24, 2.45) is 0 Å². The Kier molecular flexibility index (Phi) is 4.36. The van der Waals surface area contributed by atoms with Crippen LogP contribution in [0.5, 0.6) is 5.75 Å². The fourth-order valence-corrected chi connectivity index (χ4v) is 1.87. The van der Waals surface area contributed by atoms with E-state index in [0.29, 0.717) is 11.3 Å². The maximum atomic E-state index is 12.0. The van der Waals surface area contributed by atoms with E-state index in [4.69, 9.17) is 23.4 Å². The van der Waals surface area contributed by atoms with Gasteiger partial charge in [-0.15, -0.1) is 6.42 Å². The second kappa shape index (κ2) is 6.20. The molecule has 2 rings (SSSR count). The summed E-state index contributed by atoms with van der Waals surface area (Å²) in [7, 11) is 1.51. The average molecular weight is 300 g/mol. The molecule has 1 aromatic rings. The second-order valence-corrected chi connectivity index (χ2v) is 4.63. The lowest BCUT2D eigenvalue weighted by molar-refractivity contribution is -0.128. The Morgan fingerprint density at radius 1 is 1.38 bits per heavy atom. The monoisotopic (exact) mass is 300 g/mol. The number of hydrogen-bond donors (Lipinski definition) is 1. The number of rotatable bonds is 3. The number of nitrogens with zero attached hydrogens (tertiary/aromatic N) is 1. The summed E-state index contributed by atoms with van der Waals surface area (Å²) in [6, 6.07) is 6.88. The van der Waals surface area contributed by atoms with Gasteiger partial charge in [-0.3, -0.25) is 19.8 Å². The highest BCUT2D eigenvalue weighted by Crippen LogP contribution is 2.17. The molecule has 0 bridgehead atoms. The van der Waals surface area contributed by atoms with Crippen LogP contribution in [0.1, 0.15) is 5.56 Å². The summed E-state index contributed by atoms with van der Waals surface area (Å²) >= 11 is 4.87. The summed E-state index contributed by atoms with van der Waals surface area (Å²) in [5.74, 6) is 2.05. The van der Waals surface area contributed by atoms with Gasteiger partial charge < -0.3 is 4.74 Å². The van der Waals surface area contributed by atoms with E-state index in [9.17, 15) is 9.59 Å². The molecule has 106 valence electrons. The molecule has 0 saturated carbocycles. The van der Waals surface area contributed by atoms with Crippen molar-refractivity contribution >= 4 is 35.2 Å². The maximum Gasteiger partial charge on any atom is 0.265 e. The zero-order valence-corrected chi connectivity index (χ0v) is 12.1. The Morgan fingerprint density at radius 2 is 2.05 bits per heavy atom. The highest BCUT2D eigenvalue weighted by atomic mass is 32.1. The van der Waals surface area contributed by atoms with Crippen molar-refractivity contribution in [2.75, 3.05) is 13.7 Å². The zero-order valence-electron chi connectivity index (χ0n) is 11.3. The van der Waals surface area contributed by atoms with E-state index in [2.05, 4.69) is 11.2 Å². The summed E-state index contributed by atoms with van der Waals surface area (Å²) < 4.78 is 5.25. The Hall–Kier alpha value is -2.65. The highest BCUT2D eigenvalue weighted by molar-refractivity contribution is 7.80. The Bertz CT molecular complexity index is 671. The number of terminal acetylenes is 1. The number of carbonyl (C=O) groups excluding carboxylic acids is 2. The minimum Gasteiger partial charge on any atom is -0.481 e. The zero-order chi connectivity index (χ0) is 15.4. The van der Waals surface area contributed by atoms with E-state index in [-0.39, 0.29) is 17.3 Å². The summed E-state index contributed by atoms with van der Waals surface area (Å²) in [5.41, 5.74) is 0.728. The number of hydrogen-bond acceptors (Lipinski definition) is 4. The molecule has 0 radical (unpaired) electrons. The van der Waals surface area contributed by atoms with Gasteiger partial charge in [0.1, 0.15) is 17.9 Å². The molecule has 1 heterocycles. The standard InChI is InChI=1S/C15H12N2O3S/c1-3-8-20-11-6-4-10(5-7-11)9-12-13(18)16-15(21)17(2)14(12)19/h1,4-7,9H,8H2,2H3,(H,16,18,21)/b12-9+. The van der Waals surface area contributed by atoms with Gasteiger partial charge in [-0.2, -0.15) is 0 Å². The van der Waals surface area contributed by atoms with Crippen LogP contribution in [-0.2, 0) is 9.59 Å². The molecule has 0 unspecified atom stereocenters. The number of ether oxygens (including phenoxy) is 1. The first kappa shape index (κ1) is 14.8. The smallest absolute Gasteiger partial charge is 0.265 e. The third kappa shape index (κ3) is 3.27. The van der Waals surface area contributed by atoms with Crippen molar-refractivity contribution in [2.45, 2.75) is 0 Å². The molecule has 5 nitrogen and oxygen atoms in total. The summed E-state index contributed by atoms with van der Waals surface area (Å²) in [4.78, 5) is 25.0. The van der Waals surface area contributed by atoms with Crippen molar-refractivity contribution < 1.29 is 14.3 Å². The lowest BCUT2D eigenvalue weighted by atomic mass is 10.1. The Balaban J connectivity index is 2.22. The summed E-state index contributed by atoms with van der Waals surface area (Å²) in [6.45, 7) is 0.184. The molecule has 0 spiro atoms. The molecule has 1 saturated heterocycles. The van der Waals surface area contributed by atoms with Gasteiger partial charge in [0.2, 0.25) is 0 Å². The van der Waals surface area contributed by atoms with Gasteiger partial charge in [0.05, 0.1) is 0 Å². The van der Waals surface area contributed by atoms with Crippen LogP contribution < -0.4 is 10.1 Å². The number of thiocarbonyl (C=S) groups is 1. The van der Waals surface area contributed by atoms with Crippen molar-refractivity contribution in [3.8, 4) is 18.1 Å². The summed E-state index contributed by atoms with van der Waals surface area (Å²) in [6.07, 6.45) is 6.60. The predicted octanol–water partition coefficient (Wildman–Crippen LogP) is 0.955. The Morgan fingerprint density at radius 3 is 2.67 bits per heavy atom. The molecule has 2 amide bonds. The van der Waals surface area contributed by atoms with Crippen LogP contribution in [0.25, 0.3) is 6.08 Å². The molecule has 1 aliphatic rings. The number of nitrogens with one attached hydrogen (secondary N) is 1.